The van der Waals surface area contributed by atoms with E-state index in [2.05, 4.69) is 0 Å². The Labute approximate surface area is 117 Å². The number of nitrogens with zero attached hydrogens (tertiary/aromatic N) is 2. The number of sulfonamides is 1. The zero-order chi connectivity index (χ0) is 14.9. The van der Waals surface area contributed by atoms with E-state index in [1.807, 2.05) is 6.92 Å². The van der Waals surface area contributed by atoms with Gasteiger partial charge >= 0.3 is 0 Å². The Bertz CT molecular complexity index is 654. The minimum atomic E-state index is -3.76. The first-order valence-electron chi connectivity index (χ1n) is 6.20. The Morgan fingerprint density at radius 2 is 2.20 bits per heavy atom. The molecule has 0 radical (unpaired) electrons. The van der Waals surface area contributed by atoms with E-state index >= 15 is 0 Å². The molecule has 0 aromatic heterocycles. The summed E-state index contributed by atoms with van der Waals surface area (Å²) in [5, 5.41) is 18.0. The molecule has 0 bridgehead atoms. The molecule has 1 fully saturated rings. The maximum absolute atomic E-state index is 13.3. The highest BCUT2D eigenvalue weighted by atomic mass is 32.2. The summed E-state index contributed by atoms with van der Waals surface area (Å²) in [5.41, 5.74) is -0.294. The van der Waals surface area contributed by atoms with Crippen LogP contribution in [0.1, 0.15) is 12.5 Å². The van der Waals surface area contributed by atoms with Crippen LogP contribution < -0.4 is 0 Å². The van der Waals surface area contributed by atoms with Crippen LogP contribution in [0.25, 0.3) is 0 Å². The van der Waals surface area contributed by atoms with Gasteiger partial charge in [0.05, 0.1) is 10.5 Å². The second-order valence-electron chi connectivity index (χ2n) is 5.00. The van der Waals surface area contributed by atoms with Crippen molar-refractivity contribution in [3.05, 3.63) is 29.6 Å². The van der Waals surface area contributed by atoms with Gasteiger partial charge in [-0.05, 0) is 30.0 Å². The lowest BCUT2D eigenvalue weighted by Gasteiger charge is -2.16. The molecule has 7 heteroatoms. The van der Waals surface area contributed by atoms with Crippen molar-refractivity contribution < 1.29 is 17.9 Å². The average Bonchev–Trinajstić information content (AvgIpc) is 2.81. The second kappa shape index (κ2) is 5.48. The molecule has 0 aliphatic carbocycles. The molecular formula is C13H15FN2O3S. The Hall–Kier alpha value is -1.49. The van der Waals surface area contributed by atoms with Crippen LogP contribution in [0.15, 0.2) is 23.1 Å². The lowest BCUT2D eigenvalue weighted by atomic mass is 10.00. The zero-order valence-electron chi connectivity index (χ0n) is 11.0. The molecule has 1 saturated heterocycles. The SMILES string of the molecule is C[C@@H]1CN(S(=O)(=O)c2ccc(F)c(C#N)c2)C[C@H]1CO. The zero-order valence-corrected chi connectivity index (χ0v) is 11.8. The standard InChI is InChI=1S/C13H15FN2O3S/c1-9-6-16(7-11(9)8-17)20(18,19)12-2-3-13(14)10(4-12)5-15/h2-4,9,11,17H,6-8H2,1H3/t9-,11+/m1/s1. The normalized spacial score (nSPS) is 23.7. The van der Waals surface area contributed by atoms with Crippen molar-refractivity contribution in [3.63, 3.8) is 0 Å². The molecule has 1 heterocycles. The van der Waals surface area contributed by atoms with Crippen molar-refractivity contribution >= 4 is 10.0 Å². The Kier molecular flexibility index (Phi) is 4.09. The van der Waals surface area contributed by atoms with Crippen molar-refractivity contribution in [2.45, 2.75) is 11.8 Å². The Morgan fingerprint density at radius 1 is 1.50 bits per heavy atom. The molecule has 1 aromatic rings. The minimum Gasteiger partial charge on any atom is -0.396 e. The largest absolute Gasteiger partial charge is 0.396 e. The summed E-state index contributed by atoms with van der Waals surface area (Å²) < 4.78 is 39.4. The van der Waals surface area contributed by atoms with E-state index in [0.29, 0.717) is 6.54 Å². The van der Waals surface area contributed by atoms with Crippen molar-refractivity contribution in [2.75, 3.05) is 19.7 Å². The van der Waals surface area contributed by atoms with Crippen molar-refractivity contribution in [3.8, 4) is 6.07 Å². The predicted molar refractivity (Wildman–Crippen MR) is 69.6 cm³/mol. The molecule has 1 aromatic carbocycles. The van der Waals surface area contributed by atoms with E-state index in [4.69, 9.17) is 5.26 Å². The number of aliphatic hydroxyl groups is 1. The third kappa shape index (κ3) is 2.54. The van der Waals surface area contributed by atoms with Crippen molar-refractivity contribution in [2.24, 2.45) is 11.8 Å². The molecule has 1 aliphatic rings. The maximum Gasteiger partial charge on any atom is 0.243 e. The van der Waals surface area contributed by atoms with Gasteiger partial charge in [-0.3, -0.25) is 0 Å². The van der Waals surface area contributed by atoms with Crippen LogP contribution in [-0.4, -0.2) is 37.5 Å². The average molecular weight is 298 g/mol. The van der Waals surface area contributed by atoms with Gasteiger partial charge in [-0.25, -0.2) is 12.8 Å². The van der Waals surface area contributed by atoms with Gasteiger partial charge in [-0.15, -0.1) is 0 Å². The van der Waals surface area contributed by atoms with E-state index in [9.17, 15) is 17.9 Å². The molecule has 20 heavy (non-hydrogen) atoms. The fourth-order valence-corrected chi connectivity index (χ4v) is 3.94. The fraction of sp³-hybridized carbons (Fsp3) is 0.462. The fourth-order valence-electron chi connectivity index (χ4n) is 2.32. The van der Waals surface area contributed by atoms with Crippen LogP contribution in [0, 0.1) is 29.0 Å². The molecule has 1 aliphatic heterocycles. The highest BCUT2D eigenvalue weighted by Gasteiger charge is 2.36. The highest BCUT2D eigenvalue weighted by molar-refractivity contribution is 7.89. The summed E-state index contributed by atoms with van der Waals surface area (Å²) in [6, 6.07) is 4.81. The van der Waals surface area contributed by atoms with Gasteiger partial charge in [-0.2, -0.15) is 9.57 Å². The number of aliphatic hydroxyl groups excluding tert-OH is 1. The summed E-state index contributed by atoms with van der Waals surface area (Å²) in [7, 11) is -3.76. The number of halogens is 1. The summed E-state index contributed by atoms with van der Waals surface area (Å²) in [5.74, 6) is -0.777. The number of rotatable bonds is 3. The van der Waals surface area contributed by atoms with Gasteiger partial charge < -0.3 is 5.11 Å². The first-order chi connectivity index (χ1) is 9.40. The number of nitriles is 1. The number of benzene rings is 1. The number of hydrogen-bond acceptors (Lipinski definition) is 4. The van der Waals surface area contributed by atoms with Crippen molar-refractivity contribution in [1.29, 1.82) is 5.26 Å². The van der Waals surface area contributed by atoms with Gasteiger partial charge in [0.25, 0.3) is 0 Å². The van der Waals surface area contributed by atoms with Gasteiger partial charge in [0.2, 0.25) is 10.0 Å². The summed E-state index contributed by atoms with van der Waals surface area (Å²) in [4.78, 5) is -0.0961. The minimum absolute atomic E-state index is 0.0608. The maximum atomic E-state index is 13.3. The molecule has 0 spiro atoms. The third-order valence-electron chi connectivity index (χ3n) is 3.67. The van der Waals surface area contributed by atoms with Crippen LogP contribution in [-0.2, 0) is 10.0 Å². The first kappa shape index (κ1) is 14.9. The van der Waals surface area contributed by atoms with E-state index < -0.39 is 15.8 Å². The Balaban J connectivity index is 2.35. The molecule has 2 rings (SSSR count). The first-order valence-corrected chi connectivity index (χ1v) is 7.64. The third-order valence-corrected chi connectivity index (χ3v) is 5.49. The van der Waals surface area contributed by atoms with E-state index in [1.165, 1.54) is 4.31 Å². The van der Waals surface area contributed by atoms with E-state index in [-0.39, 0.29) is 35.4 Å². The molecule has 5 nitrogen and oxygen atoms in total. The molecule has 0 amide bonds. The molecule has 2 atom stereocenters. The van der Waals surface area contributed by atoms with Gasteiger partial charge in [0.1, 0.15) is 11.9 Å². The van der Waals surface area contributed by atoms with Gasteiger partial charge in [-0.1, -0.05) is 6.92 Å². The molecule has 0 unspecified atom stereocenters. The van der Waals surface area contributed by atoms with Crippen molar-refractivity contribution in [1.82, 2.24) is 4.31 Å². The monoisotopic (exact) mass is 298 g/mol. The summed E-state index contributed by atoms with van der Waals surface area (Å²) >= 11 is 0. The predicted octanol–water partition coefficient (Wildman–Crippen LogP) is 0.946. The van der Waals surface area contributed by atoms with Gasteiger partial charge in [0, 0.05) is 19.7 Å². The summed E-state index contributed by atoms with van der Waals surface area (Å²) in [6.45, 7) is 2.36. The van der Waals surface area contributed by atoms with E-state index in [1.54, 1.807) is 6.07 Å². The molecule has 0 saturated carbocycles. The Morgan fingerprint density at radius 3 is 2.75 bits per heavy atom. The van der Waals surface area contributed by atoms with E-state index in [0.717, 1.165) is 18.2 Å². The topological polar surface area (TPSA) is 81.4 Å². The quantitative estimate of drug-likeness (QED) is 0.900. The lowest BCUT2D eigenvalue weighted by Crippen LogP contribution is -2.29. The molecular weight excluding hydrogens is 283 g/mol. The second-order valence-corrected chi connectivity index (χ2v) is 6.93. The van der Waals surface area contributed by atoms with Crippen LogP contribution in [0.4, 0.5) is 4.39 Å². The van der Waals surface area contributed by atoms with Crippen LogP contribution in [0.2, 0.25) is 0 Å². The van der Waals surface area contributed by atoms with Crippen LogP contribution in [0.5, 0.6) is 0 Å². The number of hydrogen-bond donors (Lipinski definition) is 1. The molecule has 1 N–H and O–H groups in total. The van der Waals surface area contributed by atoms with Crippen LogP contribution >= 0.6 is 0 Å². The summed E-state index contributed by atoms with van der Waals surface area (Å²) in [6.07, 6.45) is 0. The molecule has 108 valence electrons. The van der Waals surface area contributed by atoms with Crippen LogP contribution in [0.3, 0.4) is 0 Å². The smallest absolute Gasteiger partial charge is 0.243 e. The lowest BCUT2D eigenvalue weighted by molar-refractivity contribution is 0.210. The highest BCUT2D eigenvalue weighted by Crippen LogP contribution is 2.28. The van der Waals surface area contributed by atoms with Gasteiger partial charge in [0.15, 0.2) is 0 Å².